The third-order valence-electron chi connectivity index (χ3n) is 1.86. The predicted octanol–water partition coefficient (Wildman–Crippen LogP) is 0.649. The van der Waals surface area contributed by atoms with E-state index in [-0.39, 0.29) is 30.3 Å². The minimum Gasteiger partial charge on any atom is -0.349 e. The second-order valence-corrected chi connectivity index (χ2v) is 3.74. The number of hydrogen-bond acceptors (Lipinski definition) is 3. The molecule has 0 heterocycles. The summed E-state index contributed by atoms with van der Waals surface area (Å²) >= 11 is 0. The van der Waals surface area contributed by atoms with Crippen molar-refractivity contribution in [3.05, 3.63) is 0 Å². The summed E-state index contributed by atoms with van der Waals surface area (Å²) < 4.78 is 0. The lowest BCUT2D eigenvalue weighted by molar-refractivity contribution is -0.137. The van der Waals surface area contributed by atoms with Crippen LogP contribution in [0, 0.1) is 5.92 Å². The van der Waals surface area contributed by atoms with Gasteiger partial charge in [0.25, 0.3) is 0 Å². The first-order valence-electron chi connectivity index (χ1n) is 4.54. The second kappa shape index (κ2) is 5.52. The molecular formula is C10H17NO3. The Kier molecular flexibility index (Phi) is 5.05. The van der Waals surface area contributed by atoms with Gasteiger partial charge in [-0.1, -0.05) is 0 Å². The minimum absolute atomic E-state index is 0.0635. The quantitative estimate of drug-likeness (QED) is 0.653. The van der Waals surface area contributed by atoms with Crippen LogP contribution in [0.5, 0.6) is 0 Å². The van der Waals surface area contributed by atoms with Crippen LogP contribution < -0.4 is 0 Å². The topological polar surface area (TPSA) is 54.5 Å². The highest BCUT2D eigenvalue weighted by Gasteiger charge is 2.23. The third-order valence-corrected chi connectivity index (χ3v) is 1.86. The largest absolute Gasteiger partial charge is 0.349 e. The van der Waals surface area contributed by atoms with Gasteiger partial charge in [0.1, 0.15) is 11.6 Å². The number of amides is 1. The van der Waals surface area contributed by atoms with Crippen LogP contribution in [-0.2, 0) is 14.4 Å². The fourth-order valence-electron chi connectivity index (χ4n) is 1.31. The maximum Gasteiger partial charge on any atom is 0.226 e. The highest BCUT2D eigenvalue weighted by atomic mass is 16.2. The summed E-state index contributed by atoms with van der Waals surface area (Å²) in [5.41, 5.74) is 0. The zero-order valence-electron chi connectivity index (χ0n) is 9.16. The molecule has 0 saturated heterocycles. The molecule has 0 spiro atoms. The van der Waals surface area contributed by atoms with Gasteiger partial charge in [-0.25, -0.2) is 0 Å². The lowest BCUT2D eigenvalue weighted by Crippen LogP contribution is -2.31. The average Bonchev–Trinajstić information content (AvgIpc) is 1.99. The summed E-state index contributed by atoms with van der Waals surface area (Å²) in [6.07, 6.45) is 0.299. The van der Waals surface area contributed by atoms with Gasteiger partial charge in [0.05, 0.1) is 5.92 Å². The number of hydrogen-bond donors (Lipinski definition) is 0. The summed E-state index contributed by atoms with van der Waals surface area (Å²) in [7, 11) is 3.24. The van der Waals surface area contributed by atoms with Gasteiger partial charge in [0, 0.05) is 26.9 Å². The molecule has 14 heavy (non-hydrogen) atoms. The lowest BCUT2D eigenvalue weighted by atomic mass is 9.96. The Bertz CT molecular complexity index is 230. The van der Waals surface area contributed by atoms with Crippen LogP contribution in [-0.4, -0.2) is 36.5 Å². The molecule has 0 bridgehead atoms. The number of carbonyl (C=O) groups excluding carboxylic acids is 3. The molecule has 0 fully saturated rings. The van der Waals surface area contributed by atoms with Crippen molar-refractivity contribution in [1.82, 2.24) is 4.90 Å². The van der Waals surface area contributed by atoms with Crippen molar-refractivity contribution in [2.45, 2.75) is 26.7 Å². The second-order valence-electron chi connectivity index (χ2n) is 3.74. The van der Waals surface area contributed by atoms with Crippen LogP contribution in [0.3, 0.4) is 0 Å². The Hall–Kier alpha value is -1.19. The van der Waals surface area contributed by atoms with Gasteiger partial charge in [-0.05, 0) is 13.8 Å². The third kappa shape index (κ3) is 4.74. The normalized spacial score (nSPS) is 10.1. The van der Waals surface area contributed by atoms with Gasteiger partial charge in [0.15, 0.2) is 0 Å². The van der Waals surface area contributed by atoms with Crippen LogP contribution in [0.2, 0.25) is 0 Å². The van der Waals surface area contributed by atoms with Crippen LogP contribution in [0.15, 0.2) is 0 Å². The van der Waals surface area contributed by atoms with E-state index in [1.54, 1.807) is 14.1 Å². The summed E-state index contributed by atoms with van der Waals surface area (Å²) in [5.74, 6) is -0.770. The number of carbonyl (C=O) groups is 3. The monoisotopic (exact) mass is 199 g/mol. The number of nitrogens with zero attached hydrogens (tertiary/aromatic N) is 1. The molecule has 0 aromatic carbocycles. The maximum atomic E-state index is 11.5. The van der Waals surface area contributed by atoms with Crippen molar-refractivity contribution >= 4 is 17.5 Å². The zero-order chi connectivity index (χ0) is 11.3. The first-order valence-corrected chi connectivity index (χ1v) is 4.54. The molecule has 0 aromatic heterocycles. The number of Topliss-reactive ketones (excluding diaryl/α,β-unsaturated/α-hetero) is 2. The molecule has 4 nitrogen and oxygen atoms in total. The van der Waals surface area contributed by atoms with Gasteiger partial charge in [-0.15, -0.1) is 0 Å². The molecule has 0 N–H and O–H groups in total. The molecule has 0 aliphatic carbocycles. The zero-order valence-corrected chi connectivity index (χ0v) is 9.16. The van der Waals surface area contributed by atoms with E-state index < -0.39 is 5.92 Å². The van der Waals surface area contributed by atoms with Crippen molar-refractivity contribution in [3.63, 3.8) is 0 Å². The average molecular weight is 199 g/mol. The molecule has 0 saturated carbocycles. The molecule has 0 radical (unpaired) electrons. The Labute approximate surface area is 84.3 Å². The van der Waals surface area contributed by atoms with E-state index in [0.717, 1.165) is 0 Å². The summed E-state index contributed by atoms with van der Waals surface area (Å²) in [4.78, 5) is 34.7. The summed E-state index contributed by atoms with van der Waals surface area (Å²) in [6, 6.07) is 0. The number of rotatable bonds is 5. The molecule has 80 valence electrons. The van der Waals surface area contributed by atoms with E-state index in [1.807, 2.05) is 0 Å². The van der Waals surface area contributed by atoms with E-state index in [9.17, 15) is 14.4 Å². The molecule has 0 rings (SSSR count). The van der Waals surface area contributed by atoms with Crippen molar-refractivity contribution < 1.29 is 14.4 Å². The highest BCUT2D eigenvalue weighted by Crippen LogP contribution is 2.12. The molecule has 0 aliphatic heterocycles. The fraction of sp³-hybridized carbons (Fsp3) is 0.700. The minimum atomic E-state index is -0.486. The van der Waals surface area contributed by atoms with Gasteiger partial charge in [-0.3, -0.25) is 4.79 Å². The van der Waals surface area contributed by atoms with Crippen molar-refractivity contribution in [2.75, 3.05) is 14.1 Å². The molecule has 1 amide bonds. The highest BCUT2D eigenvalue weighted by molar-refractivity contribution is 5.89. The smallest absolute Gasteiger partial charge is 0.226 e. The van der Waals surface area contributed by atoms with E-state index >= 15 is 0 Å². The maximum absolute atomic E-state index is 11.5. The van der Waals surface area contributed by atoms with Crippen LogP contribution in [0.1, 0.15) is 26.7 Å². The van der Waals surface area contributed by atoms with E-state index in [1.165, 1.54) is 18.7 Å². The SMILES string of the molecule is CC(=O)CC(CC(C)=O)C(=O)N(C)C. The lowest BCUT2D eigenvalue weighted by Gasteiger charge is -2.18. The van der Waals surface area contributed by atoms with Crippen LogP contribution in [0.4, 0.5) is 0 Å². The molecule has 0 aliphatic rings. The first-order chi connectivity index (χ1) is 6.34. The summed E-state index contributed by atoms with van der Waals surface area (Å²) in [5, 5.41) is 0. The predicted molar refractivity (Wildman–Crippen MR) is 52.8 cm³/mol. The fourth-order valence-corrected chi connectivity index (χ4v) is 1.31. The van der Waals surface area contributed by atoms with E-state index in [0.29, 0.717) is 0 Å². The van der Waals surface area contributed by atoms with E-state index in [4.69, 9.17) is 0 Å². The van der Waals surface area contributed by atoms with Gasteiger partial charge < -0.3 is 14.5 Å². The van der Waals surface area contributed by atoms with Crippen molar-refractivity contribution in [1.29, 1.82) is 0 Å². The van der Waals surface area contributed by atoms with E-state index in [2.05, 4.69) is 0 Å². The first kappa shape index (κ1) is 12.8. The van der Waals surface area contributed by atoms with Crippen molar-refractivity contribution in [3.8, 4) is 0 Å². The standard InChI is InChI=1S/C10H17NO3/c1-7(12)5-9(6-8(2)13)10(14)11(3)4/h9H,5-6H2,1-4H3. The van der Waals surface area contributed by atoms with Crippen LogP contribution in [0.25, 0.3) is 0 Å². The Morgan fingerprint density at radius 3 is 1.57 bits per heavy atom. The Morgan fingerprint density at radius 2 is 1.36 bits per heavy atom. The molecule has 0 unspecified atom stereocenters. The van der Waals surface area contributed by atoms with Crippen LogP contribution >= 0.6 is 0 Å². The molecular weight excluding hydrogens is 182 g/mol. The number of ketones is 2. The Morgan fingerprint density at radius 1 is 1.00 bits per heavy atom. The Balaban J connectivity index is 4.46. The van der Waals surface area contributed by atoms with Gasteiger partial charge in [-0.2, -0.15) is 0 Å². The van der Waals surface area contributed by atoms with Gasteiger partial charge >= 0.3 is 0 Å². The van der Waals surface area contributed by atoms with Gasteiger partial charge in [0.2, 0.25) is 5.91 Å². The summed E-state index contributed by atoms with van der Waals surface area (Å²) in [6.45, 7) is 2.85. The molecule has 4 heteroatoms. The molecule has 0 aromatic rings. The molecule has 0 atom stereocenters. The van der Waals surface area contributed by atoms with Crippen molar-refractivity contribution in [2.24, 2.45) is 5.92 Å².